The number of ether oxygens (including phenoxy) is 1. The Bertz CT molecular complexity index is 685. The van der Waals surface area contributed by atoms with Crippen LogP contribution in [0.2, 0.25) is 0 Å². The fourth-order valence-corrected chi connectivity index (χ4v) is 5.05. The zero-order chi connectivity index (χ0) is 18.4. The molecule has 4 fully saturated rings. The van der Waals surface area contributed by atoms with Crippen molar-refractivity contribution in [2.75, 3.05) is 39.4 Å². The second-order valence-corrected chi connectivity index (χ2v) is 9.62. The molecule has 5 heteroatoms. The van der Waals surface area contributed by atoms with Gasteiger partial charge in [0.25, 0.3) is 5.91 Å². The number of amides is 1. The molecular formula is C22H33N3O2. The minimum Gasteiger partial charge on any atom is -0.381 e. The third-order valence-corrected chi connectivity index (χ3v) is 7.15. The second-order valence-electron chi connectivity index (χ2n) is 9.62. The number of rotatable bonds is 7. The molecule has 1 spiro atoms. The first-order valence-electron chi connectivity index (χ1n) is 10.9. The number of nitrogens with zero attached hydrogens (tertiary/aromatic N) is 3. The fraction of sp³-hybridized carbons (Fsp3) is 0.773. The average molecular weight is 372 g/mol. The van der Waals surface area contributed by atoms with Crippen molar-refractivity contribution in [3.05, 3.63) is 24.0 Å². The van der Waals surface area contributed by atoms with Crippen LogP contribution in [-0.4, -0.2) is 65.2 Å². The highest BCUT2D eigenvalue weighted by molar-refractivity contribution is 5.93. The topological polar surface area (TPSA) is 37.7 Å². The summed E-state index contributed by atoms with van der Waals surface area (Å²) in [6, 6.07) is 3.89. The maximum absolute atomic E-state index is 12.9. The summed E-state index contributed by atoms with van der Waals surface area (Å²) in [5, 5.41) is 0. The average Bonchev–Trinajstić information content (AvgIpc) is 3.55. The number of aryl methyl sites for hydroxylation is 1. The highest BCUT2D eigenvalue weighted by atomic mass is 16.5. The molecule has 148 valence electrons. The van der Waals surface area contributed by atoms with Crippen molar-refractivity contribution in [3.8, 4) is 0 Å². The molecule has 2 aliphatic heterocycles. The van der Waals surface area contributed by atoms with Crippen LogP contribution in [0.1, 0.15) is 49.0 Å². The van der Waals surface area contributed by atoms with Gasteiger partial charge in [0.2, 0.25) is 0 Å². The maximum Gasteiger partial charge on any atom is 0.270 e. The predicted octanol–water partition coefficient (Wildman–Crippen LogP) is 2.77. The zero-order valence-electron chi connectivity index (χ0n) is 16.6. The lowest BCUT2D eigenvalue weighted by Crippen LogP contribution is -2.73. The highest BCUT2D eigenvalue weighted by Gasteiger charge is 2.53. The summed E-state index contributed by atoms with van der Waals surface area (Å²) in [5.41, 5.74) is 1.01. The third kappa shape index (κ3) is 3.68. The quantitative estimate of drug-likeness (QED) is 0.740. The van der Waals surface area contributed by atoms with E-state index in [9.17, 15) is 4.79 Å². The number of carbonyl (C=O) groups excluding carboxylic acids is 1. The first-order chi connectivity index (χ1) is 13.1. The van der Waals surface area contributed by atoms with Crippen LogP contribution in [0.4, 0.5) is 0 Å². The molecule has 27 heavy (non-hydrogen) atoms. The summed E-state index contributed by atoms with van der Waals surface area (Å²) in [6.45, 7) is 6.09. The molecule has 2 saturated heterocycles. The van der Waals surface area contributed by atoms with E-state index in [0.717, 1.165) is 43.8 Å². The van der Waals surface area contributed by atoms with Gasteiger partial charge in [-0.05, 0) is 75.0 Å². The van der Waals surface area contributed by atoms with Crippen molar-refractivity contribution < 1.29 is 9.53 Å². The Labute approximate surface area is 162 Å². The summed E-state index contributed by atoms with van der Waals surface area (Å²) in [5.74, 6) is 2.59. The van der Waals surface area contributed by atoms with Crippen LogP contribution < -0.4 is 0 Å². The van der Waals surface area contributed by atoms with E-state index in [4.69, 9.17) is 4.74 Å². The highest BCUT2D eigenvalue weighted by Crippen LogP contribution is 2.42. The van der Waals surface area contributed by atoms with Crippen LogP contribution in [0.5, 0.6) is 0 Å². The van der Waals surface area contributed by atoms with Gasteiger partial charge < -0.3 is 14.2 Å². The van der Waals surface area contributed by atoms with Gasteiger partial charge in [-0.1, -0.05) is 0 Å². The molecule has 4 aliphatic rings. The van der Waals surface area contributed by atoms with E-state index in [2.05, 4.69) is 9.80 Å². The molecule has 5 nitrogen and oxygen atoms in total. The minimum atomic E-state index is 0.187. The number of hydrogen-bond donors (Lipinski definition) is 0. The molecule has 1 unspecified atom stereocenters. The van der Waals surface area contributed by atoms with Gasteiger partial charge in [0, 0.05) is 46.1 Å². The van der Waals surface area contributed by atoms with E-state index in [1.807, 2.05) is 29.9 Å². The van der Waals surface area contributed by atoms with Gasteiger partial charge in [-0.15, -0.1) is 0 Å². The van der Waals surface area contributed by atoms with Crippen LogP contribution in [-0.2, 0) is 11.8 Å². The molecule has 0 aromatic carbocycles. The number of likely N-dealkylation sites (tertiary alicyclic amines) is 2. The van der Waals surface area contributed by atoms with Gasteiger partial charge >= 0.3 is 0 Å². The van der Waals surface area contributed by atoms with Crippen molar-refractivity contribution in [1.29, 1.82) is 0 Å². The van der Waals surface area contributed by atoms with Gasteiger partial charge in [0.1, 0.15) is 5.69 Å². The van der Waals surface area contributed by atoms with Crippen LogP contribution >= 0.6 is 0 Å². The zero-order valence-corrected chi connectivity index (χ0v) is 16.6. The number of piperidine rings is 1. The molecule has 0 radical (unpaired) electrons. The van der Waals surface area contributed by atoms with Crippen molar-refractivity contribution in [2.45, 2.75) is 44.1 Å². The Kier molecular flexibility index (Phi) is 4.55. The van der Waals surface area contributed by atoms with E-state index in [0.29, 0.717) is 5.92 Å². The van der Waals surface area contributed by atoms with Gasteiger partial charge in [0.05, 0.1) is 5.54 Å². The normalized spacial score (nSPS) is 27.7. The minimum absolute atomic E-state index is 0.187. The summed E-state index contributed by atoms with van der Waals surface area (Å²) in [6.07, 6.45) is 9.92. The maximum atomic E-state index is 12.9. The first-order valence-corrected chi connectivity index (χ1v) is 10.9. The van der Waals surface area contributed by atoms with Crippen LogP contribution in [0, 0.1) is 17.8 Å². The third-order valence-electron chi connectivity index (χ3n) is 7.15. The van der Waals surface area contributed by atoms with Crippen molar-refractivity contribution in [1.82, 2.24) is 14.4 Å². The Morgan fingerprint density at radius 2 is 1.85 bits per heavy atom. The molecule has 1 amide bonds. The molecule has 2 saturated carbocycles. The number of carbonyl (C=O) groups is 1. The Morgan fingerprint density at radius 3 is 2.52 bits per heavy atom. The molecule has 0 bridgehead atoms. The molecule has 3 heterocycles. The van der Waals surface area contributed by atoms with E-state index in [1.165, 1.54) is 51.6 Å². The second kappa shape index (κ2) is 6.93. The van der Waals surface area contributed by atoms with E-state index >= 15 is 0 Å². The summed E-state index contributed by atoms with van der Waals surface area (Å²) < 4.78 is 7.97. The van der Waals surface area contributed by atoms with Crippen molar-refractivity contribution >= 4 is 5.91 Å². The van der Waals surface area contributed by atoms with Crippen LogP contribution in [0.25, 0.3) is 0 Å². The molecule has 5 rings (SSSR count). The Morgan fingerprint density at radius 1 is 1.11 bits per heavy atom. The molecule has 0 N–H and O–H groups in total. The lowest BCUT2D eigenvalue weighted by molar-refractivity contribution is -0.0897. The van der Waals surface area contributed by atoms with E-state index < -0.39 is 0 Å². The van der Waals surface area contributed by atoms with E-state index in [-0.39, 0.29) is 11.4 Å². The molecule has 1 aromatic rings. The molecule has 1 aromatic heterocycles. The van der Waals surface area contributed by atoms with Crippen molar-refractivity contribution in [3.63, 3.8) is 0 Å². The number of aromatic nitrogens is 1. The lowest BCUT2D eigenvalue weighted by atomic mass is 9.74. The monoisotopic (exact) mass is 371 g/mol. The van der Waals surface area contributed by atoms with Crippen molar-refractivity contribution in [2.24, 2.45) is 24.8 Å². The Balaban J connectivity index is 1.22. The smallest absolute Gasteiger partial charge is 0.270 e. The molecule has 2 aliphatic carbocycles. The summed E-state index contributed by atoms with van der Waals surface area (Å²) >= 11 is 0. The van der Waals surface area contributed by atoms with Crippen LogP contribution in [0.3, 0.4) is 0 Å². The van der Waals surface area contributed by atoms with Gasteiger partial charge in [0.15, 0.2) is 0 Å². The molecular weight excluding hydrogens is 338 g/mol. The SMILES string of the molecule is Cn1cccc1C(=O)N1CC2(CC(COCC3CC3)CCN2CC2CC2)C1. The summed E-state index contributed by atoms with van der Waals surface area (Å²) in [7, 11) is 1.95. The predicted molar refractivity (Wildman–Crippen MR) is 105 cm³/mol. The first kappa shape index (κ1) is 17.7. The van der Waals surface area contributed by atoms with Gasteiger partial charge in [-0.25, -0.2) is 0 Å². The van der Waals surface area contributed by atoms with E-state index in [1.54, 1.807) is 0 Å². The molecule has 1 atom stereocenters. The summed E-state index contributed by atoms with van der Waals surface area (Å²) in [4.78, 5) is 17.7. The standard InChI is InChI=1S/C22H33N3O2/c1-23-9-2-3-20(23)21(26)24-15-22(16-24)11-19(14-27-13-18-6-7-18)8-10-25(22)12-17-4-5-17/h2-3,9,17-19H,4-8,10-16H2,1H3. The lowest BCUT2D eigenvalue weighted by Gasteiger charge is -2.59. The largest absolute Gasteiger partial charge is 0.381 e. The Hall–Kier alpha value is -1.33. The van der Waals surface area contributed by atoms with Gasteiger partial charge in [-0.2, -0.15) is 0 Å². The van der Waals surface area contributed by atoms with Gasteiger partial charge in [-0.3, -0.25) is 9.69 Å². The number of hydrogen-bond acceptors (Lipinski definition) is 3. The fourth-order valence-electron chi connectivity index (χ4n) is 5.05. The van der Waals surface area contributed by atoms with Crippen LogP contribution in [0.15, 0.2) is 18.3 Å².